The molecule has 19 heavy (non-hydrogen) atoms. The van der Waals surface area contributed by atoms with Crippen molar-refractivity contribution in [2.75, 3.05) is 18.6 Å². The number of nitrogens with zero attached hydrogens (tertiary/aromatic N) is 1. The lowest BCUT2D eigenvalue weighted by atomic mass is 9.79. The average molecular weight is 263 g/mol. The van der Waals surface area contributed by atoms with Crippen LogP contribution in [-0.4, -0.2) is 30.8 Å². The Morgan fingerprint density at radius 1 is 1.47 bits per heavy atom. The van der Waals surface area contributed by atoms with E-state index in [4.69, 9.17) is 9.84 Å². The highest BCUT2D eigenvalue weighted by Crippen LogP contribution is 2.35. The molecule has 0 heterocycles. The molecule has 1 aliphatic rings. The van der Waals surface area contributed by atoms with Gasteiger partial charge in [0.05, 0.1) is 12.5 Å². The van der Waals surface area contributed by atoms with E-state index in [1.54, 1.807) is 0 Å². The molecule has 0 spiro atoms. The Balaban J connectivity index is 2.02. The number of anilines is 1. The fraction of sp³-hybridized carbons (Fsp3) is 0.533. The van der Waals surface area contributed by atoms with Crippen molar-refractivity contribution in [1.29, 1.82) is 0 Å². The maximum Gasteiger partial charge on any atom is 0.306 e. The largest absolute Gasteiger partial charge is 0.494 e. The normalized spacial score (nSPS) is 21.6. The maximum absolute atomic E-state index is 10.8. The molecule has 4 nitrogen and oxygen atoms in total. The van der Waals surface area contributed by atoms with Crippen LogP contribution < -0.4 is 9.64 Å². The summed E-state index contributed by atoms with van der Waals surface area (Å²) in [4.78, 5) is 13.0. The molecular formula is C15H21NO3. The number of carboxylic acids is 1. The summed E-state index contributed by atoms with van der Waals surface area (Å²) in [5.74, 6) is 0.0699. The van der Waals surface area contributed by atoms with Gasteiger partial charge in [0.25, 0.3) is 0 Å². The van der Waals surface area contributed by atoms with Crippen LogP contribution in [0.15, 0.2) is 18.2 Å². The van der Waals surface area contributed by atoms with E-state index in [9.17, 15) is 4.79 Å². The van der Waals surface area contributed by atoms with E-state index in [2.05, 4.69) is 11.0 Å². The predicted molar refractivity (Wildman–Crippen MR) is 74.9 cm³/mol. The Labute approximate surface area is 114 Å². The summed E-state index contributed by atoms with van der Waals surface area (Å²) in [6, 6.07) is 6.45. The minimum Gasteiger partial charge on any atom is -0.494 e. The third-order valence-electron chi connectivity index (χ3n) is 3.88. The zero-order valence-corrected chi connectivity index (χ0v) is 11.7. The van der Waals surface area contributed by atoms with E-state index in [0.29, 0.717) is 12.6 Å². The molecule has 0 aromatic heterocycles. The van der Waals surface area contributed by atoms with Crippen molar-refractivity contribution >= 4 is 11.7 Å². The third kappa shape index (κ3) is 2.83. The van der Waals surface area contributed by atoms with Gasteiger partial charge in [-0.15, -0.1) is 0 Å². The zero-order valence-electron chi connectivity index (χ0n) is 11.7. The Kier molecular flexibility index (Phi) is 3.98. The molecule has 1 saturated carbocycles. The molecule has 0 saturated heterocycles. The Morgan fingerprint density at radius 3 is 2.68 bits per heavy atom. The minimum absolute atomic E-state index is 0.170. The lowest BCUT2D eigenvalue weighted by Crippen LogP contribution is -2.45. The lowest BCUT2D eigenvalue weighted by Gasteiger charge is -2.40. The fourth-order valence-electron chi connectivity index (χ4n) is 2.49. The highest BCUT2D eigenvalue weighted by atomic mass is 16.5. The lowest BCUT2D eigenvalue weighted by molar-refractivity contribution is -0.145. The van der Waals surface area contributed by atoms with Gasteiger partial charge < -0.3 is 14.7 Å². The summed E-state index contributed by atoms with van der Waals surface area (Å²) in [6.45, 7) is 4.67. The number of carboxylic acid groups (broad SMARTS) is 1. The van der Waals surface area contributed by atoms with Crippen molar-refractivity contribution in [1.82, 2.24) is 0 Å². The van der Waals surface area contributed by atoms with E-state index < -0.39 is 5.97 Å². The topological polar surface area (TPSA) is 49.8 Å². The molecule has 1 N–H and O–H groups in total. The highest BCUT2D eigenvalue weighted by Gasteiger charge is 2.36. The van der Waals surface area contributed by atoms with Crippen LogP contribution in [0.4, 0.5) is 5.69 Å². The summed E-state index contributed by atoms with van der Waals surface area (Å²) in [6.07, 6.45) is 1.47. The van der Waals surface area contributed by atoms with E-state index in [-0.39, 0.29) is 5.92 Å². The van der Waals surface area contributed by atoms with Crippen LogP contribution in [0.5, 0.6) is 5.75 Å². The number of aryl methyl sites for hydroxylation is 1. The quantitative estimate of drug-likeness (QED) is 0.887. The molecule has 1 aromatic rings. The van der Waals surface area contributed by atoms with Crippen LogP contribution >= 0.6 is 0 Å². The standard InChI is InChI=1S/C15H21NO3/c1-4-19-14-6-5-12(7-10(14)2)16(3)13-8-11(9-13)15(17)18/h5-7,11,13H,4,8-9H2,1-3H3,(H,17,18). The van der Waals surface area contributed by atoms with Crippen LogP contribution in [0.2, 0.25) is 0 Å². The van der Waals surface area contributed by atoms with Gasteiger partial charge in [-0.3, -0.25) is 4.79 Å². The van der Waals surface area contributed by atoms with Gasteiger partial charge in [-0.2, -0.15) is 0 Å². The van der Waals surface area contributed by atoms with Gasteiger partial charge in [0.1, 0.15) is 5.75 Å². The maximum atomic E-state index is 10.8. The second-order valence-corrected chi connectivity index (χ2v) is 5.15. The molecule has 1 aromatic carbocycles. The van der Waals surface area contributed by atoms with Gasteiger partial charge in [0.15, 0.2) is 0 Å². The number of rotatable bonds is 5. The zero-order chi connectivity index (χ0) is 14.0. The van der Waals surface area contributed by atoms with E-state index in [1.165, 1.54) is 0 Å². The summed E-state index contributed by atoms with van der Waals surface area (Å²) in [5, 5.41) is 8.91. The van der Waals surface area contributed by atoms with Gasteiger partial charge in [-0.25, -0.2) is 0 Å². The van der Waals surface area contributed by atoms with Gasteiger partial charge in [-0.05, 0) is 50.5 Å². The van der Waals surface area contributed by atoms with Gasteiger partial charge in [-0.1, -0.05) is 0 Å². The molecular weight excluding hydrogens is 242 g/mol. The third-order valence-corrected chi connectivity index (χ3v) is 3.88. The highest BCUT2D eigenvalue weighted by molar-refractivity contribution is 5.71. The van der Waals surface area contributed by atoms with Crippen molar-refractivity contribution in [3.8, 4) is 5.75 Å². The first-order chi connectivity index (χ1) is 9.02. The van der Waals surface area contributed by atoms with Gasteiger partial charge in [0.2, 0.25) is 0 Å². The number of ether oxygens (including phenoxy) is 1. The van der Waals surface area contributed by atoms with Crippen LogP contribution in [0.1, 0.15) is 25.3 Å². The van der Waals surface area contributed by atoms with Gasteiger partial charge in [0, 0.05) is 18.8 Å². The first kappa shape index (κ1) is 13.7. The molecule has 1 aliphatic carbocycles. The number of hydrogen-bond donors (Lipinski definition) is 1. The molecule has 4 heteroatoms. The second kappa shape index (κ2) is 5.51. The summed E-state index contributed by atoms with van der Waals surface area (Å²) < 4.78 is 5.52. The Hall–Kier alpha value is -1.71. The molecule has 0 aliphatic heterocycles. The molecule has 2 rings (SSSR count). The molecule has 0 bridgehead atoms. The van der Waals surface area contributed by atoms with Crippen molar-refractivity contribution in [2.45, 2.75) is 32.7 Å². The van der Waals surface area contributed by atoms with Crippen LogP contribution in [-0.2, 0) is 4.79 Å². The fourth-order valence-corrected chi connectivity index (χ4v) is 2.49. The predicted octanol–water partition coefficient (Wildman–Crippen LogP) is 2.69. The SMILES string of the molecule is CCOc1ccc(N(C)C2CC(C(=O)O)C2)cc1C. The summed E-state index contributed by atoms with van der Waals surface area (Å²) in [5.41, 5.74) is 2.23. The molecule has 0 amide bonds. The Bertz CT molecular complexity index is 466. The van der Waals surface area contributed by atoms with Gasteiger partial charge >= 0.3 is 5.97 Å². The molecule has 104 valence electrons. The van der Waals surface area contributed by atoms with Crippen LogP contribution in [0.3, 0.4) is 0 Å². The minimum atomic E-state index is -0.674. The number of hydrogen-bond acceptors (Lipinski definition) is 3. The second-order valence-electron chi connectivity index (χ2n) is 5.15. The molecule has 0 unspecified atom stereocenters. The van der Waals surface area contributed by atoms with E-state index in [0.717, 1.165) is 29.8 Å². The van der Waals surface area contributed by atoms with Crippen LogP contribution in [0, 0.1) is 12.8 Å². The number of aliphatic carboxylic acids is 1. The van der Waals surface area contributed by atoms with Crippen LogP contribution in [0.25, 0.3) is 0 Å². The average Bonchev–Trinajstić information content (AvgIpc) is 2.29. The molecule has 0 atom stereocenters. The summed E-state index contributed by atoms with van der Waals surface area (Å²) in [7, 11) is 2.03. The van der Waals surface area contributed by atoms with E-state index >= 15 is 0 Å². The van der Waals surface area contributed by atoms with E-state index in [1.807, 2.05) is 33.0 Å². The monoisotopic (exact) mass is 263 g/mol. The summed E-state index contributed by atoms with van der Waals surface area (Å²) >= 11 is 0. The molecule has 0 radical (unpaired) electrons. The van der Waals surface area contributed by atoms with Crippen molar-refractivity contribution in [3.63, 3.8) is 0 Å². The smallest absolute Gasteiger partial charge is 0.306 e. The van der Waals surface area contributed by atoms with Crippen molar-refractivity contribution in [2.24, 2.45) is 5.92 Å². The van der Waals surface area contributed by atoms with Crippen molar-refractivity contribution in [3.05, 3.63) is 23.8 Å². The first-order valence-corrected chi connectivity index (χ1v) is 6.72. The number of benzene rings is 1. The first-order valence-electron chi connectivity index (χ1n) is 6.72. The number of carbonyl (C=O) groups is 1. The molecule has 1 fully saturated rings. The Morgan fingerprint density at radius 2 is 2.16 bits per heavy atom. The van der Waals surface area contributed by atoms with Crippen molar-refractivity contribution < 1.29 is 14.6 Å².